The number of anilines is 18. The van der Waals surface area contributed by atoms with E-state index in [0.29, 0.717) is 0 Å². The molecule has 0 radical (unpaired) electrons. The van der Waals surface area contributed by atoms with E-state index < -0.39 is 5.41 Å². The van der Waals surface area contributed by atoms with Crippen molar-refractivity contribution in [3.05, 3.63) is 508 Å². The monoisotopic (exact) mass is 1500 g/mol. The van der Waals surface area contributed by atoms with Crippen LogP contribution >= 0.6 is 0 Å². The molecule has 117 heavy (non-hydrogen) atoms. The number of hydrogen-bond donors (Lipinski definition) is 0. The first-order valence-corrected chi connectivity index (χ1v) is 40.0. The van der Waals surface area contributed by atoms with Crippen molar-refractivity contribution in [1.82, 2.24) is 0 Å². The summed E-state index contributed by atoms with van der Waals surface area (Å²) in [4.78, 5) is 14.3. The molecule has 20 rings (SSSR count). The molecule has 0 aliphatic heterocycles. The first kappa shape index (κ1) is 70.6. The van der Waals surface area contributed by atoms with E-state index in [1.165, 1.54) is 44.2 Å². The summed E-state index contributed by atoms with van der Waals surface area (Å²) in [5.41, 5.74) is 27.8. The molecule has 0 aromatic heterocycles. The summed E-state index contributed by atoms with van der Waals surface area (Å²) in [6, 6.07) is 177. The molecule has 1 aliphatic rings. The van der Waals surface area contributed by atoms with E-state index in [9.17, 15) is 0 Å². The van der Waals surface area contributed by atoms with E-state index in [1.807, 2.05) is 0 Å². The van der Waals surface area contributed by atoms with Crippen molar-refractivity contribution in [1.29, 1.82) is 0 Å². The van der Waals surface area contributed by atoms with Gasteiger partial charge in [-0.3, -0.25) is 0 Å². The lowest BCUT2D eigenvalue weighted by Crippen LogP contribution is -2.29. The number of hydrogen-bond acceptors (Lipinski definition) is 6. The molecule has 554 valence electrons. The number of rotatable bonds is 21. The Hall–Kier alpha value is -15.5. The second-order valence-corrected chi connectivity index (χ2v) is 29.6. The minimum absolute atomic E-state index is 0.735. The Kier molecular flexibility index (Phi) is 18.8. The Labute approximate surface area is 684 Å². The fourth-order valence-corrected chi connectivity index (χ4v) is 17.6. The first-order valence-electron chi connectivity index (χ1n) is 40.0. The topological polar surface area (TPSA) is 19.4 Å². The number of nitrogens with zero attached hydrogens (tertiary/aromatic N) is 6. The molecule has 0 fully saturated rings. The molecule has 0 saturated heterocycles. The van der Waals surface area contributed by atoms with E-state index in [1.54, 1.807) is 0 Å². The molecule has 0 saturated carbocycles. The second-order valence-electron chi connectivity index (χ2n) is 29.6. The fraction of sp³-hybridized carbons (Fsp3) is 0.00901. The smallest absolute Gasteiger partial charge is 0.0715 e. The summed E-state index contributed by atoms with van der Waals surface area (Å²) in [5.74, 6) is 0. The van der Waals surface area contributed by atoms with Crippen LogP contribution in [0.1, 0.15) is 22.3 Å². The first-order chi connectivity index (χ1) is 58.1. The zero-order valence-corrected chi connectivity index (χ0v) is 64.4. The fourth-order valence-electron chi connectivity index (χ4n) is 17.6. The summed E-state index contributed by atoms with van der Waals surface area (Å²) in [6.45, 7) is 0. The molecule has 0 amide bonds. The highest BCUT2D eigenvalue weighted by Gasteiger charge is 2.47. The maximum Gasteiger partial charge on any atom is 0.0715 e. The molecule has 0 heterocycles. The standard InChI is InChI=1S/C111H80N6/c1-10-37-83(38-11-1)111(84-39-12-2-13-40-84)107-79-99(116(90-51-24-8-25-52-90)109-60-31-35-81-34-28-29-56-102(81)109)74-76-104(107)105-77-75-100(80-108(105)111)117(91-53-26-9-27-54-91)110-61-33-58-103-101(57-32-59-106(103)110)82-36-30-55-98(78-82)115(89-49-22-7-23-50-89)97-72-70-96(71-73-97)114(94-66-62-92(63-67-94)112(85-41-14-3-15-42-85)86-43-16-4-17-44-86)95-68-64-93(65-69-95)113(87-45-18-5-19-46-87)88-47-20-6-21-48-88/h1-80H. The summed E-state index contributed by atoms with van der Waals surface area (Å²) >= 11 is 0. The number of para-hydroxylation sites is 7. The quantitative estimate of drug-likeness (QED) is 0.0709. The Morgan fingerprint density at radius 3 is 0.778 bits per heavy atom. The van der Waals surface area contributed by atoms with Crippen LogP contribution in [0.15, 0.2) is 485 Å². The van der Waals surface area contributed by atoms with Gasteiger partial charge in [0.05, 0.1) is 16.8 Å². The van der Waals surface area contributed by atoms with E-state index in [0.717, 1.165) is 124 Å². The molecular weight excluding hydrogens is 1420 g/mol. The highest BCUT2D eigenvalue weighted by Crippen LogP contribution is 2.59. The van der Waals surface area contributed by atoms with Crippen molar-refractivity contribution in [2.45, 2.75) is 5.41 Å². The van der Waals surface area contributed by atoms with Gasteiger partial charge in [0.2, 0.25) is 0 Å². The second kappa shape index (κ2) is 31.2. The zero-order chi connectivity index (χ0) is 77.9. The summed E-state index contributed by atoms with van der Waals surface area (Å²) in [7, 11) is 0. The van der Waals surface area contributed by atoms with Gasteiger partial charge in [-0.2, -0.15) is 0 Å². The van der Waals surface area contributed by atoms with Crippen LogP contribution in [0, 0.1) is 0 Å². The lowest BCUT2D eigenvalue weighted by molar-refractivity contribution is 0.768. The van der Waals surface area contributed by atoms with Crippen molar-refractivity contribution < 1.29 is 0 Å². The molecule has 19 aromatic carbocycles. The number of fused-ring (bicyclic) bond motifs is 5. The third kappa shape index (κ3) is 13.2. The van der Waals surface area contributed by atoms with Crippen LogP contribution in [0.3, 0.4) is 0 Å². The van der Waals surface area contributed by atoms with E-state index in [-0.39, 0.29) is 0 Å². The van der Waals surface area contributed by atoms with Crippen molar-refractivity contribution in [3.8, 4) is 22.3 Å². The Morgan fingerprint density at radius 2 is 0.393 bits per heavy atom. The van der Waals surface area contributed by atoms with Gasteiger partial charge >= 0.3 is 0 Å². The predicted molar refractivity (Wildman–Crippen MR) is 492 cm³/mol. The van der Waals surface area contributed by atoms with Gasteiger partial charge in [-0.25, -0.2) is 0 Å². The predicted octanol–water partition coefficient (Wildman–Crippen LogP) is 30.8. The van der Waals surface area contributed by atoms with Crippen molar-refractivity contribution in [2.24, 2.45) is 0 Å². The highest BCUT2D eigenvalue weighted by atomic mass is 15.2. The van der Waals surface area contributed by atoms with Crippen LogP contribution in [0.4, 0.5) is 102 Å². The van der Waals surface area contributed by atoms with E-state index >= 15 is 0 Å². The molecule has 6 heteroatoms. The average Bonchev–Trinajstić information content (AvgIpc) is 1.53. The molecule has 0 atom stereocenters. The maximum atomic E-state index is 2.49. The van der Waals surface area contributed by atoms with E-state index in [2.05, 4.69) is 515 Å². The maximum absolute atomic E-state index is 2.49. The van der Waals surface area contributed by atoms with Gasteiger partial charge < -0.3 is 29.4 Å². The average molecular weight is 1500 g/mol. The largest absolute Gasteiger partial charge is 0.311 e. The van der Waals surface area contributed by atoms with Crippen LogP contribution in [0.2, 0.25) is 0 Å². The van der Waals surface area contributed by atoms with Gasteiger partial charge in [0.1, 0.15) is 0 Å². The van der Waals surface area contributed by atoms with Crippen LogP contribution in [0.25, 0.3) is 43.8 Å². The van der Waals surface area contributed by atoms with Crippen LogP contribution < -0.4 is 29.4 Å². The molecular formula is C111H80N6. The lowest BCUT2D eigenvalue weighted by Gasteiger charge is -2.36. The van der Waals surface area contributed by atoms with Gasteiger partial charge in [0.15, 0.2) is 0 Å². The van der Waals surface area contributed by atoms with Crippen molar-refractivity contribution in [2.75, 3.05) is 29.4 Å². The molecule has 0 bridgehead atoms. The molecule has 0 N–H and O–H groups in total. The van der Waals surface area contributed by atoms with Crippen LogP contribution in [0.5, 0.6) is 0 Å². The van der Waals surface area contributed by atoms with Gasteiger partial charge in [0.25, 0.3) is 0 Å². The normalized spacial score (nSPS) is 11.8. The highest BCUT2D eigenvalue weighted by molar-refractivity contribution is 6.07. The van der Waals surface area contributed by atoms with Crippen LogP contribution in [-0.4, -0.2) is 0 Å². The zero-order valence-electron chi connectivity index (χ0n) is 64.4. The lowest BCUT2D eigenvalue weighted by atomic mass is 9.67. The summed E-state index contributed by atoms with van der Waals surface area (Å²) < 4.78 is 0. The van der Waals surface area contributed by atoms with Gasteiger partial charge in [-0.1, -0.05) is 279 Å². The minimum Gasteiger partial charge on any atom is -0.311 e. The Morgan fingerprint density at radius 1 is 0.145 bits per heavy atom. The Balaban J connectivity index is 0.683. The third-order valence-electron chi connectivity index (χ3n) is 22.8. The van der Waals surface area contributed by atoms with E-state index in [4.69, 9.17) is 0 Å². The van der Waals surface area contributed by atoms with Crippen molar-refractivity contribution in [3.63, 3.8) is 0 Å². The molecule has 19 aromatic rings. The number of benzene rings is 19. The summed E-state index contributed by atoms with van der Waals surface area (Å²) in [6.07, 6.45) is 0. The molecule has 0 unspecified atom stereocenters. The molecule has 1 aliphatic carbocycles. The summed E-state index contributed by atoms with van der Waals surface area (Å²) in [5, 5.41) is 4.65. The van der Waals surface area contributed by atoms with Crippen LogP contribution in [-0.2, 0) is 5.41 Å². The molecule has 6 nitrogen and oxygen atoms in total. The SMILES string of the molecule is c1ccc(N(c2ccccc2)c2ccc(N(c3ccc(N(c4ccccc4)c4ccccc4)cc3)c3ccc(N(c4ccccc4)c4cccc(-c5cccc6c(N(c7ccccc7)c7ccc8c(c7)C(c7ccccc7)(c7ccccc7)c7cc(N(c9ccccc9)c9cccc%10ccccc9%10)ccc7-8)cccc56)c4)cc3)cc2)cc1. The van der Waals surface area contributed by atoms with Gasteiger partial charge in [-0.05, 0) is 262 Å². The third-order valence-corrected chi connectivity index (χ3v) is 22.8. The van der Waals surface area contributed by atoms with Gasteiger partial charge in [0, 0.05) is 102 Å². The molecule has 0 spiro atoms. The minimum atomic E-state index is -0.735. The van der Waals surface area contributed by atoms with Crippen molar-refractivity contribution >= 4 is 124 Å². The van der Waals surface area contributed by atoms with Gasteiger partial charge in [-0.15, -0.1) is 0 Å². The Bertz CT molecular complexity index is 6410.